The van der Waals surface area contributed by atoms with Gasteiger partial charge in [0.05, 0.1) is 12.8 Å². The molecule has 0 aliphatic carbocycles. The molecule has 0 rings (SSSR count). The average molecular weight is 318 g/mol. The number of carboxylic acid groups (broad SMARTS) is 1. The van der Waals surface area contributed by atoms with Gasteiger partial charge in [0, 0.05) is 19.8 Å². The van der Waals surface area contributed by atoms with E-state index in [2.05, 4.69) is 0 Å². The number of rotatable bonds is 9. The highest BCUT2D eigenvalue weighted by molar-refractivity contribution is 5.77. The van der Waals surface area contributed by atoms with Gasteiger partial charge in [0.25, 0.3) is 5.79 Å². The van der Waals surface area contributed by atoms with Gasteiger partial charge in [0.1, 0.15) is 0 Å². The van der Waals surface area contributed by atoms with E-state index in [1.165, 1.54) is 13.8 Å². The second kappa shape index (κ2) is 9.01. The first kappa shape index (κ1) is 19.9. The van der Waals surface area contributed by atoms with Crippen LogP contribution in [0.1, 0.15) is 53.4 Å². The molecule has 0 fully saturated rings. The van der Waals surface area contributed by atoms with E-state index in [0.29, 0.717) is 0 Å². The van der Waals surface area contributed by atoms with E-state index in [-0.39, 0.29) is 19.3 Å². The van der Waals surface area contributed by atoms with Crippen LogP contribution in [-0.4, -0.2) is 40.9 Å². The van der Waals surface area contributed by atoms with Gasteiger partial charge in [-0.3, -0.25) is 19.2 Å². The third kappa shape index (κ3) is 7.05. The summed E-state index contributed by atoms with van der Waals surface area (Å²) in [7, 11) is 0. The van der Waals surface area contributed by atoms with Crippen molar-refractivity contribution in [2.24, 2.45) is 0 Å². The molecule has 0 aromatic carbocycles. The normalized spacial score (nSPS) is 14.4. The molecule has 8 nitrogen and oxygen atoms in total. The molecule has 126 valence electrons. The Morgan fingerprint density at radius 2 is 1.45 bits per heavy atom. The fourth-order valence-electron chi connectivity index (χ4n) is 1.36. The molecule has 0 bridgehead atoms. The smallest absolute Gasteiger partial charge is 0.309 e. The van der Waals surface area contributed by atoms with E-state index < -0.39 is 42.2 Å². The van der Waals surface area contributed by atoms with E-state index >= 15 is 0 Å². The summed E-state index contributed by atoms with van der Waals surface area (Å²) in [6, 6.07) is 0. The number of aliphatic carboxylic acids is 1. The standard InChI is InChI=1S/C14H22O8/c1-5-11(17)20-9(3)14(4,21-12(18)6-2)22-13(19)8-7-10(15)16/h9H,5-8H2,1-4H3,(H,15,16). The Labute approximate surface area is 128 Å². The van der Waals surface area contributed by atoms with Crippen molar-refractivity contribution in [3.8, 4) is 0 Å². The summed E-state index contributed by atoms with van der Waals surface area (Å²) in [5.74, 6) is -5.03. The lowest BCUT2D eigenvalue weighted by Crippen LogP contribution is -2.48. The van der Waals surface area contributed by atoms with Crippen LogP contribution in [0.2, 0.25) is 0 Å². The first-order valence-electron chi connectivity index (χ1n) is 6.99. The SMILES string of the molecule is CCC(=O)OC(C)C(C)(OC(=O)CC)OC(=O)CCC(=O)O. The molecule has 22 heavy (non-hydrogen) atoms. The summed E-state index contributed by atoms with van der Waals surface area (Å²) in [6.07, 6.45) is -1.70. The van der Waals surface area contributed by atoms with Crippen LogP contribution in [0.15, 0.2) is 0 Å². The third-order valence-corrected chi connectivity index (χ3v) is 2.80. The number of hydrogen-bond donors (Lipinski definition) is 1. The predicted octanol–water partition coefficient (Wildman–Crippen LogP) is 1.41. The average Bonchev–Trinajstić information content (AvgIpc) is 2.44. The van der Waals surface area contributed by atoms with Crippen LogP contribution in [0.25, 0.3) is 0 Å². The van der Waals surface area contributed by atoms with E-state index in [0.717, 1.165) is 0 Å². The fraction of sp³-hybridized carbons (Fsp3) is 0.714. The van der Waals surface area contributed by atoms with Crippen LogP contribution in [-0.2, 0) is 33.4 Å². The number of carbonyl (C=O) groups is 4. The van der Waals surface area contributed by atoms with Gasteiger partial charge >= 0.3 is 23.9 Å². The van der Waals surface area contributed by atoms with Gasteiger partial charge in [-0.05, 0) is 6.92 Å². The van der Waals surface area contributed by atoms with Crippen molar-refractivity contribution in [2.75, 3.05) is 0 Å². The second-order valence-corrected chi connectivity index (χ2v) is 4.70. The molecule has 2 atom stereocenters. The van der Waals surface area contributed by atoms with Gasteiger partial charge in [0.2, 0.25) is 0 Å². The van der Waals surface area contributed by atoms with Crippen molar-refractivity contribution in [3.63, 3.8) is 0 Å². The Morgan fingerprint density at radius 3 is 1.91 bits per heavy atom. The number of hydrogen-bond acceptors (Lipinski definition) is 7. The molecule has 0 aliphatic heterocycles. The quantitative estimate of drug-likeness (QED) is 0.501. The molecular formula is C14H22O8. The van der Waals surface area contributed by atoms with E-state index in [9.17, 15) is 19.2 Å². The number of ether oxygens (including phenoxy) is 3. The van der Waals surface area contributed by atoms with E-state index in [4.69, 9.17) is 19.3 Å². The minimum Gasteiger partial charge on any atom is -0.481 e. The molecule has 0 saturated carbocycles. The number of carbonyl (C=O) groups excluding carboxylic acids is 3. The number of carboxylic acids is 1. The van der Waals surface area contributed by atoms with Gasteiger partial charge < -0.3 is 19.3 Å². The van der Waals surface area contributed by atoms with Crippen LogP contribution in [0.5, 0.6) is 0 Å². The first-order valence-corrected chi connectivity index (χ1v) is 6.99. The van der Waals surface area contributed by atoms with Gasteiger partial charge in [-0.15, -0.1) is 0 Å². The van der Waals surface area contributed by atoms with Crippen LogP contribution in [0.3, 0.4) is 0 Å². The highest BCUT2D eigenvalue weighted by Crippen LogP contribution is 2.23. The Balaban J connectivity index is 4.99. The first-order chi connectivity index (χ1) is 10.1. The molecule has 8 heteroatoms. The Morgan fingerprint density at radius 1 is 0.955 bits per heavy atom. The molecule has 0 spiro atoms. The minimum atomic E-state index is -1.81. The fourth-order valence-corrected chi connectivity index (χ4v) is 1.36. The van der Waals surface area contributed by atoms with Crippen molar-refractivity contribution in [3.05, 3.63) is 0 Å². The molecule has 0 aromatic rings. The highest BCUT2D eigenvalue weighted by Gasteiger charge is 2.41. The van der Waals surface area contributed by atoms with E-state index in [1.54, 1.807) is 13.8 Å². The van der Waals surface area contributed by atoms with E-state index in [1.807, 2.05) is 0 Å². The molecular weight excluding hydrogens is 296 g/mol. The second-order valence-electron chi connectivity index (χ2n) is 4.70. The third-order valence-electron chi connectivity index (χ3n) is 2.80. The predicted molar refractivity (Wildman–Crippen MR) is 73.6 cm³/mol. The molecule has 0 aromatic heterocycles. The van der Waals surface area contributed by atoms with Crippen LogP contribution in [0.4, 0.5) is 0 Å². The molecule has 0 heterocycles. The van der Waals surface area contributed by atoms with Crippen LogP contribution < -0.4 is 0 Å². The lowest BCUT2D eigenvalue weighted by molar-refractivity contribution is -0.255. The molecule has 1 N–H and O–H groups in total. The summed E-state index contributed by atoms with van der Waals surface area (Å²) < 4.78 is 15.1. The maximum atomic E-state index is 11.7. The van der Waals surface area contributed by atoms with Gasteiger partial charge in [0.15, 0.2) is 6.10 Å². The Bertz CT molecular complexity index is 431. The topological polar surface area (TPSA) is 116 Å². The van der Waals surface area contributed by atoms with Crippen molar-refractivity contribution in [1.82, 2.24) is 0 Å². The van der Waals surface area contributed by atoms with Crippen molar-refractivity contribution < 1.29 is 38.5 Å². The molecule has 0 amide bonds. The number of esters is 3. The maximum Gasteiger partial charge on any atom is 0.309 e. The highest BCUT2D eigenvalue weighted by atomic mass is 16.8. The lowest BCUT2D eigenvalue weighted by Gasteiger charge is -2.33. The lowest BCUT2D eigenvalue weighted by atomic mass is 10.2. The summed E-state index contributed by atoms with van der Waals surface area (Å²) in [6.45, 7) is 5.84. The van der Waals surface area contributed by atoms with Crippen molar-refractivity contribution in [1.29, 1.82) is 0 Å². The maximum absolute atomic E-state index is 11.7. The van der Waals surface area contributed by atoms with Crippen molar-refractivity contribution >= 4 is 23.9 Å². The Kier molecular flexibility index (Phi) is 8.14. The molecule has 2 unspecified atom stereocenters. The zero-order valence-corrected chi connectivity index (χ0v) is 13.2. The summed E-state index contributed by atoms with van der Waals surface area (Å²) in [5, 5.41) is 8.54. The molecule has 0 radical (unpaired) electrons. The van der Waals surface area contributed by atoms with Crippen LogP contribution in [0, 0.1) is 0 Å². The monoisotopic (exact) mass is 318 g/mol. The van der Waals surface area contributed by atoms with Crippen molar-refractivity contribution in [2.45, 2.75) is 65.3 Å². The zero-order valence-electron chi connectivity index (χ0n) is 13.2. The zero-order chi connectivity index (χ0) is 17.3. The summed E-state index contributed by atoms with van der Waals surface area (Å²) >= 11 is 0. The summed E-state index contributed by atoms with van der Waals surface area (Å²) in [5.41, 5.74) is 0. The molecule has 0 saturated heterocycles. The molecule has 0 aliphatic rings. The Hall–Kier alpha value is -2.12. The summed E-state index contributed by atoms with van der Waals surface area (Å²) in [4.78, 5) is 45.0. The largest absolute Gasteiger partial charge is 0.481 e. The van der Waals surface area contributed by atoms with Gasteiger partial charge in [-0.1, -0.05) is 13.8 Å². The minimum absolute atomic E-state index is 0.0384. The van der Waals surface area contributed by atoms with Gasteiger partial charge in [-0.2, -0.15) is 0 Å². The van der Waals surface area contributed by atoms with Crippen LogP contribution >= 0.6 is 0 Å². The van der Waals surface area contributed by atoms with Gasteiger partial charge in [-0.25, -0.2) is 0 Å².